The van der Waals surface area contributed by atoms with Crippen molar-refractivity contribution in [3.05, 3.63) is 0 Å². The third-order valence-corrected chi connectivity index (χ3v) is 5.29. The third kappa shape index (κ3) is 3.32. The summed E-state index contributed by atoms with van der Waals surface area (Å²) in [5.41, 5.74) is 0. The number of alkyl halides is 3. The molecule has 0 aromatic rings. The standard InChI is InChI=1S/C9H16F3NO3S/c1-7(6-14)17(15,16)13-4-2-8(3-5-13)9(10,11)12/h7-8,14H,2-6H2,1H3. The minimum absolute atomic E-state index is 0.128. The fraction of sp³-hybridized carbons (Fsp3) is 1.00. The molecule has 17 heavy (non-hydrogen) atoms. The molecule has 0 spiro atoms. The maximum Gasteiger partial charge on any atom is 0.391 e. The highest BCUT2D eigenvalue weighted by Crippen LogP contribution is 2.34. The van der Waals surface area contributed by atoms with Crippen LogP contribution >= 0.6 is 0 Å². The number of hydrogen-bond donors (Lipinski definition) is 1. The largest absolute Gasteiger partial charge is 0.395 e. The van der Waals surface area contributed by atoms with Gasteiger partial charge in [0.05, 0.1) is 17.8 Å². The van der Waals surface area contributed by atoms with Crippen LogP contribution in [0.15, 0.2) is 0 Å². The van der Waals surface area contributed by atoms with Crippen molar-refractivity contribution < 1.29 is 26.7 Å². The first-order valence-corrected chi connectivity index (χ1v) is 6.86. The van der Waals surface area contributed by atoms with Crippen LogP contribution in [0.2, 0.25) is 0 Å². The van der Waals surface area contributed by atoms with Gasteiger partial charge in [-0.2, -0.15) is 13.2 Å². The zero-order valence-corrected chi connectivity index (χ0v) is 10.3. The van der Waals surface area contributed by atoms with Crippen LogP contribution in [-0.2, 0) is 10.0 Å². The number of nitrogens with zero attached hydrogens (tertiary/aromatic N) is 1. The van der Waals surface area contributed by atoms with Crippen LogP contribution in [0.4, 0.5) is 13.2 Å². The Labute approximate surface area is 98.5 Å². The Hall–Kier alpha value is -0.340. The van der Waals surface area contributed by atoms with E-state index in [-0.39, 0.29) is 25.9 Å². The molecule has 1 fully saturated rings. The molecular formula is C9H16F3NO3S. The molecule has 1 unspecified atom stereocenters. The van der Waals surface area contributed by atoms with Crippen LogP contribution < -0.4 is 0 Å². The first-order chi connectivity index (χ1) is 7.69. The van der Waals surface area contributed by atoms with Gasteiger partial charge in [0.1, 0.15) is 0 Å². The van der Waals surface area contributed by atoms with E-state index >= 15 is 0 Å². The van der Waals surface area contributed by atoms with Crippen LogP contribution in [0, 0.1) is 5.92 Å². The predicted molar refractivity (Wildman–Crippen MR) is 55.8 cm³/mol. The van der Waals surface area contributed by atoms with E-state index in [4.69, 9.17) is 5.11 Å². The number of rotatable bonds is 3. The van der Waals surface area contributed by atoms with Crippen molar-refractivity contribution in [3.63, 3.8) is 0 Å². The first-order valence-electron chi connectivity index (χ1n) is 5.36. The predicted octanol–water partition coefficient (Wildman–Crippen LogP) is 0.971. The monoisotopic (exact) mass is 275 g/mol. The Morgan fingerprint density at radius 2 is 1.82 bits per heavy atom. The smallest absolute Gasteiger partial charge is 0.391 e. The Morgan fingerprint density at radius 3 is 2.18 bits per heavy atom. The summed E-state index contributed by atoms with van der Waals surface area (Å²) in [5.74, 6) is -1.42. The lowest BCUT2D eigenvalue weighted by molar-refractivity contribution is -0.182. The van der Waals surface area contributed by atoms with E-state index in [0.717, 1.165) is 4.31 Å². The van der Waals surface area contributed by atoms with Gasteiger partial charge in [-0.25, -0.2) is 12.7 Å². The molecule has 1 rings (SSSR count). The minimum Gasteiger partial charge on any atom is -0.395 e. The molecule has 1 saturated heterocycles. The van der Waals surface area contributed by atoms with Crippen molar-refractivity contribution in [2.45, 2.75) is 31.2 Å². The van der Waals surface area contributed by atoms with Crippen LogP contribution in [0.5, 0.6) is 0 Å². The Kier molecular flexibility index (Phi) is 4.43. The van der Waals surface area contributed by atoms with Gasteiger partial charge in [-0.15, -0.1) is 0 Å². The highest BCUT2D eigenvalue weighted by atomic mass is 32.2. The van der Waals surface area contributed by atoms with E-state index in [2.05, 4.69) is 0 Å². The maximum atomic E-state index is 12.4. The molecule has 1 aliphatic heterocycles. The molecule has 1 atom stereocenters. The lowest BCUT2D eigenvalue weighted by atomic mass is 9.98. The number of hydrogen-bond acceptors (Lipinski definition) is 3. The van der Waals surface area contributed by atoms with Gasteiger partial charge in [-0.1, -0.05) is 0 Å². The second kappa shape index (κ2) is 5.11. The molecule has 0 saturated carbocycles. The zero-order chi connectivity index (χ0) is 13.3. The number of sulfonamides is 1. The number of aliphatic hydroxyl groups excluding tert-OH is 1. The summed E-state index contributed by atoms with van der Waals surface area (Å²) in [4.78, 5) is 0. The molecule has 8 heteroatoms. The Balaban J connectivity index is 2.64. The van der Waals surface area contributed by atoms with E-state index in [1.54, 1.807) is 0 Å². The van der Waals surface area contributed by atoms with E-state index in [1.165, 1.54) is 6.92 Å². The highest BCUT2D eigenvalue weighted by Gasteiger charge is 2.43. The van der Waals surface area contributed by atoms with E-state index in [9.17, 15) is 21.6 Å². The normalized spacial score (nSPS) is 22.6. The van der Waals surface area contributed by atoms with Crippen LogP contribution in [0.1, 0.15) is 19.8 Å². The summed E-state index contributed by atoms with van der Waals surface area (Å²) in [6.45, 7) is 0.556. The average Bonchev–Trinajstić information content (AvgIpc) is 2.27. The summed E-state index contributed by atoms with van der Waals surface area (Å²) < 4.78 is 61.7. The fourth-order valence-corrected chi connectivity index (χ4v) is 3.20. The van der Waals surface area contributed by atoms with Gasteiger partial charge in [0.25, 0.3) is 0 Å². The average molecular weight is 275 g/mol. The van der Waals surface area contributed by atoms with E-state index in [0.29, 0.717) is 0 Å². The van der Waals surface area contributed by atoms with Crippen molar-refractivity contribution in [2.24, 2.45) is 5.92 Å². The third-order valence-electron chi connectivity index (χ3n) is 3.04. The van der Waals surface area contributed by atoms with E-state index < -0.39 is 34.0 Å². The van der Waals surface area contributed by atoms with E-state index in [1.807, 2.05) is 0 Å². The lowest BCUT2D eigenvalue weighted by Crippen LogP contribution is -2.45. The molecule has 1 heterocycles. The number of piperidine rings is 1. The fourth-order valence-electron chi connectivity index (χ4n) is 1.79. The Morgan fingerprint density at radius 1 is 1.35 bits per heavy atom. The van der Waals surface area contributed by atoms with Gasteiger partial charge in [0, 0.05) is 13.1 Å². The summed E-state index contributed by atoms with van der Waals surface area (Å²) in [6, 6.07) is 0. The molecule has 1 N–H and O–H groups in total. The van der Waals surface area contributed by atoms with Gasteiger partial charge in [-0.05, 0) is 19.8 Å². The van der Waals surface area contributed by atoms with Crippen molar-refractivity contribution >= 4 is 10.0 Å². The summed E-state index contributed by atoms with van der Waals surface area (Å²) in [6.07, 6.45) is -4.67. The molecule has 102 valence electrons. The van der Waals surface area contributed by atoms with Crippen molar-refractivity contribution in [3.8, 4) is 0 Å². The molecule has 0 aromatic carbocycles. The van der Waals surface area contributed by atoms with Gasteiger partial charge >= 0.3 is 6.18 Å². The van der Waals surface area contributed by atoms with Crippen molar-refractivity contribution in [1.29, 1.82) is 0 Å². The number of halogens is 3. The molecular weight excluding hydrogens is 259 g/mol. The topological polar surface area (TPSA) is 57.6 Å². The number of aliphatic hydroxyl groups is 1. The van der Waals surface area contributed by atoms with Gasteiger partial charge in [0.15, 0.2) is 0 Å². The molecule has 0 bridgehead atoms. The summed E-state index contributed by atoms with van der Waals surface area (Å²) >= 11 is 0. The Bertz CT molecular complexity index is 347. The quantitative estimate of drug-likeness (QED) is 0.835. The molecule has 0 aromatic heterocycles. The zero-order valence-electron chi connectivity index (χ0n) is 9.44. The van der Waals surface area contributed by atoms with Crippen molar-refractivity contribution in [2.75, 3.05) is 19.7 Å². The molecule has 4 nitrogen and oxygen atoms in total. The molecule has 0 radical (unpaired) electrons. The second-order valence-corrected chi connectivity index (χ2v) is 6.60. The SMILES string of the molecule is CC(CO)S(=O)(=O)N1CCC(C(F)(F)F)CC1. The second-order valence-electron chi connectivity index (χ2n) is 4.25. The molecule has 1 aliphatic rings. The summed E-state index contributed by atoms with van der Waals surface area (Å²) in [5, 5.41) is 7.83. The molecule has 0 aliphatic carbocycles. The van der Waals surface area contributed by atoms with Gasteiger partial charge in [-0.3, -0.25) is 0 Å². The lowest BCUT2D eigenvalue weighted by Gasteiger charge is -2.33. The van der Waals surface area contributed by atoms with Gasteiger partial charge < -0.3 is 5.11 Å². The van der Waals surface area contributed by atoms with Crippen LogP contribution in [-0.4, -0.2) is 49.0 Å². The first kappa shape index (κ1) is 14.7. The minimum atomic E-state index is -4.25. The van der Waals surface area contributed by atoms with Gasteiger partial charge in [0.2, 0.25) is 10.0 Å². The maximum absolute atomic E-state index is 12.4. The highest BCUT2D eigenvalue weighted by molar-refractivity contribution is 7.89. The molecule has 0 amide bonds. The van der Waals surface area contributed by atoms with Crippen molar-refractivity contribution in [1.82, 2.24) is 4.31 Å². The van der Waals surface area contributed by atoms with Crippen LogP contribution in [0.3, 0.4) is 0 Å². The van der Waals surface area contributed by atoms with Crippen LogP contribution in [0.25, 0.3) is 0 Å². The summed E-state index contributed by atoms with van der Waals surface area (Å²) in [7, 11) is -3.67.